The lowest BCUT2D eigenvalue weighted by Gasteiger charge is -2.46. The quantitative estimate of drug-likeness (QED) is 0.629. The number of carbonyl (C=O) groups excluding carboxylic acids is 1. The van der Waals surface area contributed by atoms with Gasteiger partial charge in [-0.15, -0.1) is 0 Å². The first kappa shape index (κ1) is 10.8. The van der Waals surface area contributed by atoms with Crippen LogP contribution in [-0.2, 0) is 4.79 Å². The van der Waals surface area contributed by atoms with Crippen molar-refractivity contribution in [1.82, 2.24) is 0 Å². The zero-order valence-electron chi connectivity index (χ0n) is 10.8. The maximum absolute atomic E-state index is 11.6. The highest BCUT2D eigenvalue weighted by Crippen LogP contribution is 2.51. The fourth-order valence-corrected chi connectivity index (χ4v) is 4.78. The molecule has 0 radical (unpaired) electrons. The Morgan fingerprint density at radius 3 is 3.00 bits per heavy atom. The number of hydrogen-bond donors (Lipinski definition) is 0. The molecule has 0 aromatic rings. The molecule has 4 rings (SSSR count). The third-order valence-corrected chi connectivity index (χ3v) is 5.61. The van der Waals surface area contributed by atoms with Crippen molar-refractivity contribution in [2.24, 2.45) is 23.7 Å². The lowest BCUT2D eigenvalue weighted by atomic mass is 9.58. The van der Waals surface area contributed by atoms with Crippen molar-refractivity contribution >= 4 is 5.78 Å². The predicted molar refractivity (Wildman–Crippen MR) is 72.0 cm³/mol. The molecule has 2 saturated carbocycles. The summed E-state index contributed by atoms with van der Waals surface area (Å²) in [7, 11) is 0. The molecule has 4 unspecified atom stereocenters. The zero-order valence-corrected chi connectivity index (χ0v) is 10.8. The first-order valence-electron chi connectivity index (χ1n) is 7.42. The summed E-state index contributed by atoms with van der Waals surface area (Å²) >= 11 is 0. The van der Waals surface area contributed by atoms with E-state index in [-0.39, 0.29) is 0 Å². The Kier molecular flexibility index (Phi) is 2.36. The first-order chi connectivity index (χ1) is 8.83. The average molecular weight is 240 g/mol. The summed E-state index contributed by atoms with van der Waals surface area (Å²) in [6.45, 7) is 0. The number of ketones is 1. The molecule has 1 heteroatoms. The molecular formula is C17H20O. The molecule has 4 aliphatic rings. The van der Waals surface area contributed by atoms with Gasteiger partial charge in [-0.05, 0) is 54.9 Å². The van der Waals surface area contributed by atoms with Gasteiger partial charge >= 0.3 is 0 Å². The summed E-state index contributed by atoms with van der Waals surface area (Å²) < 4.78 is 0. The van der Waals surface area contributed by atoms with Crippen LogP contribution in [0.25, 0.3) is 0 Å². The Balaban J connectivity index is 1.63. The van der Waals surface area contributed by atoms with Gasteiger partial charge in [0.15, 0.2) is 0 Å². The van der Waals surface area contributed by atoms with Crippen LogP contribution in [0.5, 0.6) is 0 Å². The molecule has 1 nitrogen and oxygen atoms in total. The van der Waals surface area contributed by atoms with Crippen molar-refractivity contribution in [2.75, 3.05) is 0 Å². The van der Waals surface area contributed by atoms with Crippen LogP contribution in [0, 0.1) is 23.7 Å². The summed E-state index contributed by atoms with van der Waals surface area (Å²) in [6, 6.07) is 0. The van der Waals surface area contributed by atoms with Crippen LogP contribution in [0.4, 0.5) is 0 Å². The maximum atomic E-state index is 11.6. The summed E-state index contributed by atoms with van der Waals surface area (Å²) in [5.41, 5.74) is 3.18. The van der Waals surface area contributed by atoms with Crippen LogP contribution in [0.3, 0.4) is 0 Å². The summed E-state index contributed by atoms with van der Waals surface area (Å²) in [6.07, 6.45) is 16.0. The van der Waals surface area contributed by atoms with Crippen LogP contribution in [0.2, 0.25) is 0 Å². The van der Waals surface area contributed by atoms with Crippen molar-refractivity contribution in [3.63, 3.8) is 0 Å². The van der Waals surface area contributed by atoms with Gasteiger partial charge in [0.1, 0.15) is 5.78 Å². The van der Waals surface area contributed by atoms with Gasteiger partial charge in [-0.2, -0.15) is 0 Å². The number of fused-ring (bicyclic) bond motifs is 4. The standard InChI is InChI=1S/C17H20O/c18-13-6-9-15-12(10-13)5-8-16-14-3-1-2-11(14)4-7-17(15)16/h1-2,4,7,12,15-17H,3,5-6,8-10H2. The van der Waals surface area contributed by atoms with E-state index >= 15 is 0 Å². The molecule has 0 aliphatic heterocycles. The van der Waals surface area contributed by atoms with E-state index in [1.807, 2.05) is 0 Å². The van der Waals surface area contributed by atoms with E-state index in [0.717, 1.165) is 37.0 Å². The average Bonchev–Trinajstić information content (AvgIpc) is 2.86. The summed E-state index contributed by atoms with van der Waals surface area (Å²) in [5, 5.41) is 0. The normalized spacial score (nSPS) is 41.7. The number of rotatable bonds is 0. The molecule has 18 heavy (non-hydrogen) atoms. The van der Waals surface area contributed by atoms with Gasteiger partial charge in [0.25, 0.3) is 0 Å². The van der Waals surface area contributed by atoms with E-state index in [1.165, 1.54) is 24.8 Å². The summed E-state index contributed by atoms with van der Waals surface area (Å²) in [4.78, 5) is 11.6. The Morgan fingerprint density at radius 1 is 1.11 bits per heavy atom. The Hall–Kier alpha value is -1.11. The number of hydrogen-bond acceptors (Lipinski definition) is 1. The molecular weight excluding hydrogens is 220 g/mol. The van der Waals surface area contributed by atoms with Crippen LogP contribution >= 0.6 is 0 Å². The lowest BCUT2D eigenvalue weighted by molar-refractivity contribution is -0.124. The van der Waals surface area contributed by atoms with E-state index in [9.17, 15) is 4.79 Å². The van der Waals surface area contributed by atoms with Gasteiger partial charge in [-0.1, -0.05) is 29.9 Å². The molecule has 0 aromatic heterocycles. The second kappa shape index (κ2) is 3.94. The van der Waals surface area contributed by atoms with E-state index in [4.69, 9.17) is 0 Å². The highest BCUT2D eigenvalue weighted by Gasteiger charge is 2.43. The van der Waals surface area contributed by atoms with Gasteiger partial charge in [-0.3, -0.25) is 4.79 Å². The van der Waals surface area contributed by atoms with E-state index in [1.54, 1.807) is 5.57 Å². The molecule has 94 valence electrons. The minimum atomic E-state index is 0.511. The smallest absolute Gasteiger partial charge is 0.133 e. The molecule has 4 atom stereocenters. The van der Waals surface area contributed by atoms with Crippen molar-refractivity contribution < 1.29 is 4.79 Å². The SMILES string of the molecule is O=C1CCC2C(CCC3C4=C(C=CC4)C=CC32)C1. The molecule has 0 amide bonds. The molecule has 2 fully saturated rings. The van der Waals surface area contributed by atoms with Crippen LogP contribution in [-0.4, -0.2) is 5.78 Å². The molecule has 4 aliphatic carbocycles. The third kappa shape index (κ3) is 1.49. The highest BCUT2D eigenvalue weighted by molar-refractivity contribution is 5.79. The van der Waals surface area contributed by atoms with Crippen molar-refractivity contribution in [2.45, 2.75) is 38.5 Å². The Morgan fingerprint density at radius 2 is 2.06 bits per heavy atom. The van der Waals surface area contributed by atoms with Gasteiger partial charge in [0.2, 0.25) is 0 Å². The molecule has 0 saturated heterocycles. The largest absolute Gasteiger partial charge is 0.300 e. The number of carbonyl (C=O) groups is 1. The maximum Gasteiger partial charge on any atom is 0.133 e. The van der Waals surface area contributed by atoms with Gasteiger partial charge in [-0.25, -0.2) is 0 Å². The Labute approximate surface area is 109 Å². The topological polar surface area (TPSA) is 17.1 Å². The first-order valence-corrected chi connectivity index (χ1v) is 7.42. The molecule has 0 spiro atoms. The van der Waals surface area contributed by atoms with E-state index in [0.29, 0.717) is 11.7 Å². The highest BCUT2D eigenvalue weighted by atomic mass is 16.1. The van der Waals surface area contributed by atoms with E-state index < -0.39 is 0 Å². The van der Waals surface area contributed by atoms with Gasteiger partial charge in [0, 0.05) is 12.8 Å². The third-order valence-electron chi connectivity index (χ3n) is 5.61. The molecule has 0 heterocycles. The van der Waals surface area contributed by atoms with Crippen molar-refractivity contribution in [3.8, 4) is 0 Å². The minimum Gasteiger partial charge on any atom is -0.300 e. The molecule has 0 bridgehead atoms. The van der Waals surface area contributed by atoms with Gasteiger partial charge < -0.3 is 0 Å². The number of Topliss-reactive ketones (excluding diaryl/α,β-unsaturated/α-hetero) is 1. The van der Waals surface area contributed by atoms with Crippen molar-refractivity contribution in [3.05, 3.63) is 35.5 Å². The summed E-state index contributed by atoms with van der Waals surface area (Å²) in [5.74, 6) is 3.50. The molecule has 0 aromatic carbocycles. The number of allylic oxidation sites excluding steroid dienone is 6. The zero-order chi connectivity index (χ0) is 12.1. The minimum absolute atomic E-state index is 0.511. The molecule has 0 N–H and O–H groups in total. The van der Waals surface area contributed by atoms with Gasteiger partial charge in [0.05, 0.1) is 0 Å². The van der Waals surface area contributed by atoms with Crippen molar-refractivity contribution in [1.29, 1.82) is 0 Å². The van der Waals surface area contributed by atoms with Crippen LogP contribution in [0.1, 0.15) is 38.5 Å². The fraction of sp³-hybridized carbons (Fsp3) is 0.588. The van der Waals surface area contributed by atoms with Crippen LogP contribution < -0.4 is 0 Å². The monoisotopic (exact) mass is 240 g/mol. The lowest BCUT2D eigenvalue weighted by Crippen LogP contribution is -2.39. The predicted octanol–water partition coefficient (Wildman–Crippen LogP) is 3.82. The second-order valence-corrected chi connectivity index (χ2v) is 6.41. The van der Waals surface area contributed by atoms with E-state index in [2.05, 4.69) is 24.3 Å². The fourth-order valence-electron chi connectivity index (χ4n) is 4.78. The Bertz CT molecular complexity index is 480. The second-order valence-electron chi connectivity index (χ2n) is 6.41. The van der Waals surface area contributed by atoms with Crippen LogP contribution in [0.15, 0.2) is 35.5 Å².